The summed E-state index contributed by atoms with van der Waals surface area (Å²) in [5.74, 6) is -0.822. The van der Waals surface area contributed by atoms with Gasteiger partial charge < -0.3 is 25.2 Å². The summed E-state index contributed by atoms with van der Waals surface area (Å²) < 4.78 is 5.26. The Bertz CT molecular complexity index is 489. The van der Waals surface area contributed by atoms with E-state index in [0.717, 1.165) is 38.8 Å². The summed E-state index contributed by atoms with van der Waals surface area (Å²) in [6, 6.07) is 0. The topological polar surface area (TPSA) is 116 Å². The van der Waals surface area contributed by atoms with Crippen molar-refractivity contribution in [3.63, 3.8) is 0 Å². The van der Waals surface area contributed by atoms with Gasteiger partial charge in [0, 0.05) is 25.9 Å². The summed E-state index contributed by atoms with van der Waals surface area (Å²) in [6.45, 7) is 8.65. The van der Waals surface area contributed by atoms with E-state index in [9.17, 15) is 14.4 Å². The highest BCUT2D eigenvalue weighted by molar-refractivity contribution is 5.69. The summed E-state index contributed by atoms with van der Waals surface area (Å²) in [5.41, 5.74) is -0.477. The number of nitrogens with zero attached hydrogens (tertiary/aromatic N) is 1. The van der Waals surface area contributed by atoms with Crippen molar-refractivity contribution in [3.8, 4) is 0 Å². The van der Waals surface area contributed by atoms with Crippen LogP contribution >= 0.6 is 0 Å². The van der Waals surface area contributed by atoms with E-state index >= 15 is 0 Å². The molecule has 2 heterocycles. The molecule has 27 heavy (non-hydrogen) atoms. The fraction of sp³-hybridized carbons (Fsp3) is 0.842. The van der Waals surface area contributed by atoms with Gasteiger partial charge in [-0.1, -0.05) is 0 Å². The van der Waals surface area contributed by atoms with Gasteiger partial charge in [0.2, 0.25) is 0 Å². The lowest BCUT2D eigenvalue weighted by Gasteiger charge is -2.32. The van der Waals surface area contributed by atoms with Crippen LogP contribution in [0, 0.1) is 11.8 Å². The van der Waals surface area contributed by atoms with E-state index in [0.29, 0.717) is 25.4 Å². The van der Waals surface area contributed by atoms with Crippen molar-refractivity contribution in [3.05, 3.63) is 0 Å². The van der Waals surface area contributed by atoms with Crippen LogP contribution in [0.25, 0.3) is 0 Å². The minimum atomic E-state index is -0.763. The SMILES string of the molecule is CC(C)(C)OC(=O)N1CCC(CC(=O)O)CC1.O=C(O)CC1CCNCC1. The molecule has 0 atom stereocenters. The maximum Gasteiger partial charge on any atom is 0.410 e. The van der Waals surface area contributed by atoms with E-state index in [1.54, 1.807) is 4.90 Å². The van der Waals surface area contributed by atoms with Gasteiger partial charge in [-0.05, 0) is 71.4 Å². The number of nitrogens with one attached hydrogen (secondary N) is 1. The number of aliphatic carboxylic acids is 2. The van der Waals surface area contributed by atoms with E-state index in [-0.39, 0.29) is 18.4 Å². The molecule has 8 nitrogen and oxygen atoms in total. The molecule has 156 valence electrons. The summed E-state index contributed by atoms with van der Waals surface area (Å²) in [5, 5.41) is 20.3. The van der Waals surface area contributed by atoms with E-state index in [2.05, 4.69) is 5.32 Å². The van der Waals surface area contributed by atoms with Gasteiger partial charge >= 0.3 is 18.0 Å². The Kier molecular flexibility index (Phi) is 9.55. The minimum Gasteiger partial charge on any atom is -0.481 e. The fourth-order valence-corrected chi connectivity index (χ4v) is 3.23. The highest BCUT2D eigenvalue weighted by Gasteiger charge is 2.27. The molecule has 0 spiro atoms. The van der Waals surface area contributed by atoms with Gasteiger partial charge in [0.25, 0.3) is 0 Å². The van der Waals surface area contributed by atoms with Gasteiger partial charge in [-0.3, -0.25) is 9.59 Å². The normalized spacial score (nSPS) is 19.0. The Balaban J connectivity index is 0.000000309. The zero-order chi connectivity index (χ0) is 20.4. The van der Waals surface area contributed by atoms with Crippen LogP contribution in [-0.2, 0) is 14.3 Å². The van der Waals surface area contributed by atoms with Crippen molar-refractivity contribution in [1.29, 1.82) is 0 Å². The number of rotatable bonds is 4. The van der Waals surface area contributed by atoms with Gasteiger partial charge in [0.1, 0.15) is 5.60 Å². The van der Waals surface area contributed by atoms with Crippen molar-refractivity contribution in [2.24, 2.45) is 11.8 Å². The van der Waals surface area contributed by atoms with Crippen LogP contribution in [-0.4, -0.2) is 64.9 Å². The standard InChI is InChI=1S/C12H21NO4.C7H13NO2/c1-12(2,3)17-11(16)13-6-4-9(5-7-13)8-10(14)15;9-7(10)5-6-1-3-8-4-2-6/h9H,4-8H2,1-3H3,(H,14,15);6,8H,1-5H2,(H,9,10). The van der Waals surface area contributed by atoms with E-state index in [1.807, 2.05) is 20.8 Å². The molecular formula is C19H34N2O6. The summed E-state index contributed by atoms with van der Waals surface area (Å²) in [7, 11) is 0. The minimum absolute atomic E-state index is 0.186. The molecular weight excluding hydrogens is 352 g/mol. The van der Waals surface area contributed by atoms with Crippen LogP contribution in [0.2, 0.25) is 0 Å². The van der Waals surface area contributed by atoms with E-state index in [4.69, 9.17) is 14.9 Å². The molecule has 1 amide bonds. The Morgan fingerprint density at radius 3 is 1.78 bits per heavy atom. The molecule has 0 unspecified atom stereocenters. The molecule has 2 rings (SSSR count). The largest absolute Gasteiger partial charge is 0.481 e. The lowest BCUT2D eigenvalue weighted by Crippen LogP contribution is -2.42. The number of carboxylic acid groups (broad SMARTS) is 2. The maximum atomic E-state index is 11.7. The average molecular weight is 386 g/mol. The monoisotopic (exact) mass is 386 g/mol. The fourth-order valence-electron chi connectivity index (χ4n) is 3.23. The maximum absolute atomic E-state index is 11.7. The quantitative estimate of drug-likeness (QED) is 0.680. The zero-order valence-electron chi connectivity index (χ0n) is 16.7. The number of piperidine rings is 2. The van der Waals surface area contributed by atoms with Gasteiger partial charge in [-0.2, -0.15) is 0 Å². The molecule has 2 saturated heterocycles. The van der Waals surface area contributed by atoms with Crippen LogP contribution in [0.15, 0.2) is 0 Å². The second-order valence-electron chi connectivity index (χ2n) is 8.30. The number of carboxylic acids is 2. The first-order valence-corrected chi connectivity index (χ1v) is 9.69. The van der Waals surface area contributed by atoms with Crippen molar-refractivity contribution >= 4 is 18.0 Å². The molecule has 0 radical (unpaired) electrons. The predicted octanol–water partition coefficient (Wildman–Crippen LogP) is 2.57. The number of likely N-dealkylation sites (tertiary alicyclic amines) is 1. The zero-order valence-corrected chi connectivity index (χ0v) is 16.7. The molecule has 0 aliphatic carbocycles. The van der Waals surface area contributed by atoms with Gasteiger partial charge in [0.05, 0.1) is 0 Å². The molecule has 0 bridgehead atoms. The number of hydrogen-bond donors (Lipinski definition) is 3. The highest BCUT2D eigenvalue weighted by atomic mass is 16.6. The van der Waals surface area contributed by atoms with Crippen molar-refractivity contribution in [1.82, 2.24) is 10.2 Å². The molecule has 0 aromatic rings. The highest BCUT2D eigenvalue weighted by Crippen LogP contribution is 2.22. The average Bonchev–Trinajstić information content (AvgIpc) is 2.54. The third kappa shape index (κ3) is 10.8. The van der Waals surface area contributed by atoms with Gasteiger partial charge in [0.15, 0.2) is 0 Å². The molecule has 3 N–H and O–H groups in total. The summed E-state index contributed by atoms with van der Waals surface area (Å²) >= 11 is 0. The third-order valence-corrected chi connectivity index (χ3v) is 4.65. The Morgan fingerprint density at radius 1 is 0.926 bits per heavy atom. The van der Waals surface area contributed by atoms with Crippen molar-refractivity contribution in [2.45, 2.75) is 64.9 Å². The molecule has 2 aliphatic heterocycles. The molecule has 2 aliphatic rings. The van der Waals surface area contributed by atoms with Crippen molar-refractivity contribution < 1.29 is 29.3 Å². The summed E-state index contributed by atoms with van der Waals surface area (Å²) in [4.78, 5) is 34.2. The first kappa shape index (κ1) is 23.2. The van der Waals surface area contributed by atoms with E-state index in [1.165, 1.54) is 0 Å². The lowest BCUT2D eigenvalue weighted by molar-refractivity contribution is -0.139. The third-order valence-electron chi connectivity index (χ3n) is 4.65. The summed E-state index contributed by atoms with van der Waals surface area (Å²) in [6.07, 6.45) is 3.77. The number of carbonyl (C=O) groups excluding carboxylic acids is 1. The van der Waals surface area contributed by atoms with Crippen LogP contribution in [0.3, 0.4) is 0 Å². The number of hydrogen-bond acceptors (Lipinski definition) is 5. The number of carbonyl (C=O) groups is 3. The first-order chi connectivity index (χ1) is 12.6. The van der Waals surface area contributed by atoms with Crippen LogP contribution in [0.4, 0.5) is 4.79 Å². The van der Waals surface area contributed by atoms with Gasteiger partial charge in [-0.15, -0.1) is 0 Å². The lowest BCUT2D eigenvalue weighted by atomic mass is 9.94. The number of ether oxygens (including phenoxy) is 1. The number of amides is 1. The van der Waals surface area contributed by atoms with Crippen LogP contribution < -0.4 is 5.32 Å². The molecule has 2 fully saturated rings. The van der Waals surface area contributed by atoms with Gasteiger partial charge in [-0.25, -0.2) is 4.79 Å². The second-order valence-corrected chi connectivity index (χ2v) is 8.30. The Morgan fingerprint density at radius 2 is 1.37 bits per heavy atom. The second kappa shape index (κ2) is 11.1. The first-order valence-electron chi connectivity index (χ1n) is 9.69. The predicted molar refractivity (Wildman–Crippen MR) is 101 cm³/mol. The Labute approximate surface area is 161 Å². The van der Waals surface area contributed by atoms with E-state index < -0.39 is 17.5 Å². The molecule has 0 aromatic heterocycles. The molecule has 8 heteroatoms. The Hall–Kier alpha value is -1.83. The smallest absolute Gasteiger partial charge is 0.410 e. The van der Waals surface area contributed by atoms with Crippen molar-refractivity contribution in [2.75, 3.05) is 26.2 Å². The molecule has 0 saturated carbocycles. The van der Waals surface area contributed by atoms with Crippen LogP contribution in [0.1, 0.15) is 59.3 Å². The van der Waals surface area contributed by atoms with Crippen LogP contribution in [0.5, 0.6) is 0 Å². The molecule has 0 aromatic carbocycles.